The molecule has 21 heavy (non-hydrogen) atoms. The van der Waals surface area contributed by atoms with Gasteiger partial charge in [-0.3, -0.25) is 4.79 Å². The lowest BCUT2D eigenvalue weighted by Crippen LogP contribution is -2.43. The van der Waals surface area contributed by atoms with E-state index in [2.05, 4.69) is 10.3 Å². The Bertz CT molecular complexity index is 719. The van der Waals surface area contributed by atoms with Gasteiger partial charge >= 0.3 is 5.97 Å². The average Bonchev–Trinajstić information content (AvgIpc) is 3.12. The van der Waals surface area contributed by atoms with Crippen molar-refractivity contribution in [3.8, 4) is 11.3 Å². The molecule has 5 nitrogen and oxygen atoms in total. The number of hydrogen-bond acceptors (Lipinski definition) is 4. The molecule has 2 aromatic rings. The van der Waals surface area contributed by atoms with Crippen molar-refractivity contribution in [1.82, 2.24) is 10.3 Å². The Labute approximate surface area is 125 Å². The molecule has 1 aromatic heterocycles. The number of nitrogens with one attached hydrogen (secondary N) is 1. The summed E-state index contributed by atoms with van der Waals surface area (Å²) < 4.78 is 0. The fourth-order valence-corrected chi connectivity index (χ4v) is 2.74. The number of hydrogen-bond donors (Lipinski definition) is 2. The number of rotatable bonds is 4. The zero-order valence-corrected chi connectivity index (χ0v) is 12.2. The first-order valence-electron chi connectivity index (χ1n) is 6.59. The molecule has 108 valence electrons. The fraction of sp³-hybridized carbons (Fsp3) is 0.267. The van der Waals surface area contributed by atoms with Crippen LogP contribution in [0.5, 0.6) is 0 Å². The molecule has 0 bridgehead atoms. The van der Waals surface area contributed by atoms with Crippen LogP contribution in [-0.4, -0.2) is 27.5 Å². The molecular weight excluding hydrogens is 288 g/mol. The van der Waals surface area contributed by atoms with Gasteiger partial charge in [-0.25, -0.2) is 9.78 Å². The van der Waals surface area contributed by atoms with Crippen LogP contribution in [0.15, 0.2) is 29.6 Å². The van der Waals surface area contributed by atoms with Gasteiger partial charge in [-0.05, 0) is 31.9 Å². The molecular formula is C15H14N2O3S. The van der Waals surface area contributed by atoms with Crippen LogP contribution in [0.3, 0.4) is 0 Å². The van der Waals surface area contributed by atoms with Gasteiger partial charge in [-0.1, -0.05) is 12.1 Å². The van der Waals surface area contributed by atoms with Crippen molar-refractivity contribution in [3.63, 3.8) is 0 Å². The van der Waals surface area contributed by atoms with Crippen LogP contribution in [0.4, 0.5) is 0 Å². The summed E-state index contributed by atoms with van der Waals surface area (Å²) in [5.41, 5.74) is 1.06. The van der Waals surface area contributed by atoms with Gasteiger partial charge < -0.3 is 10.4 Å². The van der Waals surface area contributed by atoms with E-state index >= 15 is 0 Å². The lowest BCUT2D eigenvalue weighted by atomic mass is 10.1. The SMILES string of the molecule is Cc1nc(-c2cccc(C(=O)NC3(C(=O)O)CC3)c2)cs1. The van der Waals surface area contributed by atoms with Gasteiger partial charge in [-0.15, -0.1) is 11.3 Å². The van der Waals surface area contributed by atoms with Crippen molar-refractivity contribution in [2.45, 2.75) is 25.3 Å². The van der Waals surface area contributed by atoms with Crippen LogP contribution in [0.25, 0.3) is 11.3 Å². The number of carboxylic acids is 1. The molecule has 1 heterocycles. The monoisotopic (exact) mass is 302 g/mol. The Balaban J connectivity index is 1.83. The Morgan fingerprint density at radius 3 is 2.71 bits per heavy atom. The van der Waals surface area contributed by atoms with E-state index in [1.54, 1.807) is 29.5 Å². The number of carbonyl (C=O) groups is 2. The van der Waals surface area contributed by atoms with E-state index in [1.807, 2.05) is 18.4 Å². The molecule has 3 rings (SSSR count). The van der Waals surface area contributed by atoms with Gasteiger partial charge in [0, 0.05) is 16.5 Å². The predicted octanol–water partition coefficient (Wildman–Crippen LogP) is 2.47. The maximum atomic E-state index is 12.2. The standard InChI is InChI=1S/C15H14N2O3S/c1-9-16-12(8-21-9)10-3-2-4-11(7-10)13(18)17-15(5-6-15)14(19)20/h2-4,7-8H,5-6H2,1H3,(H,17,18)(H,19,20). The first kappa shape index (κ1) is 13.8. The highest BCUT2D eigenvalue weighted by Gasteiger charge is 2.51. The maximum Gasteiger partial charge on any atom is 0.329 e. The molecule has 1 amide bonds. The van der Waals surface area contributed by atoms with Gasteiger partial charge in [0.15, 0.2) is 0 Å². The first-order valence-corrected chi connectivity index (χ1v) is 7.47. The molecule has 1 aliphatic carbocycles. The van der Waals surface area contributed by atoms with Gasteiger partial charge in [-0.2, -0.15) is 0 Å². The minimum absolute atomic E-state index is 0.358. The molecule has 0 unspecified atom stereocenters. The summed E-state index contributed by atoms with van der Waals surface area (Å²) >= 11 is 1.55. The molecule has 0 radical (unpaired) electrons. The molecule has 1 saturated carbocycles. The van der Waals surface area contributed by atoms with Crippen molar-refractivity contribution in [2.24, 2.45) is 0 Å². The number of aromatic nitrogens is 1. The molecule has 1 aliphatic rings. The smallest absolute Gasteiger partial charge is 0.329 e. The van der Waals surface area contributed by atoms with E-state index in [9.17, 15) is 9.59 Å². The van der Waals surface area contributed by atoms with Crippen molar-refractivity contribution >= 4 is 23.2 Å². The molecule has 2 N–H and O–H groups in total. The van der Waals surface area contributed by atoms with Gasteiger partial charge in [0.05, 0.1) is 10.7 Å². The first-order chi connectivity index (χ1) is 10.00. The Kier molecular flexibility index (Phi) is 3.25. The largest absolute Gasteiger partial charge is 0.480 e. The summed E-state index contributed by atoms with van der Waals surface area (Å²) in [6.07, 6.45) is 0.970. The van der Waals surface area contributed by atoms with E-state index < -0.39 is 11.5 Å². The Morgan fingerprint density at radius 2 is 2.14 bits per heavy atom. The molecule has 6 heteroatoms. The van der Waals surface area contributed by atoms with E-state index in [4.69, 9.17) is 5.11 Å². The quantitative estimate of drug-likeness (QED) is 0.909. The molecule has 0 saturated heterocycles. The topological polar surface area (TPSA) is 79.3 Å². The number of nitrogens with zero attached hydrogens (tertiary/aromatic N) is 1. The summed E-state index contributed by atoms with van der Waals surface area (Å²) in [7, 11) is 0. The summed E-state index contributed by atoms with van der Waals surface area (Å²) in [5.74, 6) is -1.33. The third kappa shape index (κ3) is 2.67. The number of carbonyl (C=O) groups excluding carboxylic acids is 1. The summed E-state index contributed by atoms with van der Waals surface area (Å²) in [6.45, 7) is 1.93. The van der Waals surface area contributed by atoms with Crippen LogP contribution in [0, 0.1) is 6.92 Å². The highest BCUT2D eigenvalue weighted by atomic mass is 32.1. The lowest BCUT2D eigenvalue weighted by molar-refractivity contribution is -0.140. The minimum Gasteiger partial charge on any atom is -0.480 e. The Hall–Kier alpha value is -2.21. The number of thiazole rings is 1. The van der Waals surface area contributed by atoms with Crippen LogP contribution in [-0.2, 0) is 4.79 Å². The van der Waals surface area contributed by atoms with E-state index in [0.29, 0.717) is 18.4 Å². The van der Waals surface area contributed by atoms with Crippen molar-refractivity contribution < 1.29 is 14.7 Å². The van der Waals surface area contributed by atoms with Crippen molar-refractivity contribution in [3.05, 3.63) is 40.2 Å². The molecule has 1 fully saturated rings. The number of aryl methyl sites for hydroxylation is 1. The van der Waals surface area contributed by atoms with Gasteiger partial charge in [0.1, 0.15) is 5.54 Å². The second kappa shape index (κ2) is 4.96. The van der Waals surface area contributed by atoms with E-state index in [0.717, 1.165) is 16.3 Å². The van der Waals surface area contributed by atoms with Gasteiger partial charge in [0.25, 0.3) is 5.91 Å². The average molecular weight is 302 g/mol. The van der Waals surface area contributed by atoms with Crippen LogP contribution < -0.4 is 5.32 Å². The highest BCUT2D eigenvalue weighted by molar-refractivity contribution is 7.09. The van der Waals surface area contributed by atoms with Gasteiger partial charge in [0.2, 0.25) is 0 Å². The number of aliphatic carboxylic acids is 1. The normalized spacial score (nSPS) is 15.5. The number of amides is 1. The van der Waals surface area contributed by atoms with Crippen LogP contribution in [0.2, 0.25) is 0 Å². The second-order valence-electron chi connectivity index (χ2n) is 5.17. The van der Waals surface area contributed by atoms with Crippen LogP contribution in [0.1, 0.15) is 28.2 Å². The zero-order valence-electron chi connectivity index (χ0n) is 11.4. The van der Waals surface area contributed by atoms with Crippen molar-refractivity contribution in [1.29, 1.82) is 0 Å². The lowest BCUT2D eigenvalue weighted by Gasteiger charge is -2.12. The van der Waals surface area contributed by atoms with Crippen LogP contribution >= 0.6 is 11.3 Å². The minimum atomic E-state index is -1.07. The summed E-state index contributed by atoms with van der Waals surface area (Å²) in [4.78, 5) is 27.7. The molecule has 0 atom stereocenters. The third-order valence-corrected chi connectivity index (χ3v) is 4.33. The second-order valence-corrected chi connectivity index (χ2v) is 6.24. The Morgan fingerprint density at radius 1 is 1.38 bits per heavy atom. The van der Waals surface area contributed by atoms with Crippen molar-refractivity contribution in [2.75, 3.05) is 0 Å². The molecule has 0 aliphatic heterocycles. The third-order valence-electron chi connectivity index (χ3n) is 3.55. The zero-order chi connectivity index (χ0) is 15.0. The summed E-state index contributed by atoms with van der Waals surface area (Å²) in [6, 6.07) is 7.08. The number of carboxylic acid groups (broad SMARTS) is 1. The highest BCUT2D eigenvalue weighted by Crippen LogP contribution is 2.36. The number of benzene rings is 1. The van der Waals surface area contributed by atoms with E-state index in [-0.39, 0.29) is 5.91 Å². The molecule has 1 aromatic carbocycles. The molecule has 0 spiro atoms. The summed E-state index contributed by atoms with van der Waals surface area (Å²) in [5, 5.41) is 14.6. The fourth-order valence-electron chi connectivity index (χ4n) is 2.12. The predicted molar refractivity (Wildman–Crippen MR) is 79.4 cm³/mol. The van der Waals surface area contributed by atoms with E-state index in [1.165, 1.54) is 0 Å². The maximum absolute atomic E-state index is 12.2.